The molecule has 2 heterocycles. The Bertz CT molecular complexity index is 1800. The van der Waals surface area contributed by atoms with Gasteiger partial charge in [0.1, 0.15) is 0 Å². The molecule has 0 fully saturated rings. The van der Waals surface area contributed by atoms with Crippen molar-refractivity contribution in [2.24, 2.45) is 0 Å². The number of rotatable bonds is 7. The molecule has 1 aliphatic heterocycles. The number of nitrogens with one attached hydrogen (secondary N) is 1. The van der Waals surface area contributed by atoms with Crippen molar-refractivity contribution >= 4 is 22.8 Å². The van der Waals surface area contributed by atoms with Crippen LogP contribution in [0.2, 0.25) is 0 Å². The molecule has 1 aliphatic rings. The quantitative estimate of drug-likeness (QED) is 0.232. The molecule has 6 rings (SSSR count). The van der Waals surface area contributed by atoms with Crippen LogP contribution in [0.15, 0.2) is 84.9 Å². The Hall–Kier alpha value is -5.04. The van der Waals surface area contributed by atoms with Crippen LogP contribution in [-0.4, -0.2) is 28.3 Å². The summed E-state index contributed by atoms with van der Waals surface area (Å²) in [5.74, 6) is 0.276. The SMILES string of the molecule is Cc1c(C)n(Cc2ccc(-c3ccccc3C(=O)O)cc2)c2ccc(C(=O)NC(C)c3cccc4c3OCO4)cc12. The molecule has 1 unspecified atom stereocenters. The molecule has 1 aromatic heterocycles. The number of para-hydroxylation sites is 1. The first-order chi connectivity index (χ1) is 19.8. The minimum atomic E-state index is -0.940. The van der Waals surface area contributed by atoms with E-state index < -0.39 is 5.97 Å². The number of amides is 1. The Morgan fingerprint density at radius 1 is 0.951 bits per heavy atom. The molecule has 2 N–H and O–H groups in total. The first kappa shape index (κ1) is 26.2. The number of aromatic nitrogens is 1. The second-order valence-corrected chi connectivity index (χ2v) is 10.4. The van der Waals surface area contributed by atoms with Gasteiger partial charge in [0.15, 0.2) is 11.5 Å². The van der Waals surface area contributed by atoms with Crippen molar-refractivity contribution in [1.82, 2.24) is 9.88 Å². The summed E-state index contributed by atoms with van der Waals surface area (Å²) in [4.78, 5) is 24.9. The average Bonchev–Trinajstić information content (AvgIpc) is 3.56. The minimum absolute atomic E-state index is 0.155. The monoisotopic (exact) mass is 546 g/mol. The van der Waals surface area contributed by atoms with Gasteiger partial charge in [-0.3, -0.25) is 4.79 Å². The standard InChI is InChI=1S/C34H30N2O5/c1-20-22(3)36(18-23-11-13-24(14-12-23)27-7-4-5-8-28(27)34(38)39)30-16-15-25(17-29(20)30)33(37)35-21(2)26-9-6-10-31-32(26)41-19-40-31/h4-17,21H,18-19H2,1-3H3,(H,35,37)(H,38,39). The van der Waals surface area contributed by atoms with E-state index in [2.05, 4.69) is 23.7 Å². The van der Waals surface area contributed by atoms with E-state index in [1.165, 1.54) is 0 Å². The van der Waals surface area contributed by atoms with Crippen molar-refractivity contribution < 1.29 is 24.2 Å². The molecule has 7 heteroatoms. The maximum absolute atomic E-state index is 13.3. The van der Waals surface area contributed by atoms with Gasteiger partial charge in [0.25, 0.3) is 5.91 Å². The van der Waals surface area contributed by atoms with Crippen LogP contribution in [0.5, 0.6) is 11.5 Å². The molecule has 4 aromatic carbocycles. The van der Waals surface area contributed by atoms with Gasteiger partial charge in [0.2, 0.25) is 6.79 Å². The number of carbonyl (C=O) groups excluding carboxylic acids is 1. The summed E-state index contributed by atoms with van der Waals surface area (Å²) in [5.41, 5.74) is 7.72. The summed E-state index contributed by atoms with van der Waals surface area (Å²) in [6.07, 6.45) is 0. The number of aryl methyl sites for hydroxylation is 1. The van der Waals surface area contributed by atoms with Crippen molar-refractivity contribution in [3.63, 3.8) is 0 Å². The molecule has 1 atom stereocenters. The van der Waals surface area contributed by atoms with Crippen molar-refractivity contribution in [3.8, 4) is 22.6 Å². The van der Waals surface area contributed by atoms with E-state index in [1.54, 1.807) is 12.1 Å². The molecule has 0 aliphatic carbocycles. The van der Waals surface area contributed by atoms with Gasteiger partial charge in [0.05, 0.1) is 11.6 Å². The lowest BCUT2D eigenvalue weighted by Gasteiger charge is -2.16. The number of benzene rings is 4. The Morgan fingerprint density at radius 2 is 1.73 bits per heavy atom. The van der Waals surface area contributed by atoms with Gasteiger partial charge in [-0.15, -0.1) is 0 Å². The Balaban J connectivity index is 1.23. The summed E-state index contributed by atoms with van der Waals surface area (Å²) in [5, 5.41) is 13.7. The maximum atomic E-state index is 13.3. The first-order valence-corrected chi connectivity index (χ1v) is 13.5. The van der Waals surface area contributed by atoms with E-state index in [1.807, 2.05) is 79.7 Å². The zero-order valence-corrected chi connectivity index (χ0v) is 23.1. The third kappa shape index (κ3) is 4.80. The van der Waals surface area contributed by atoms with Crippen LogP contribution in [0, 0.1) is 13.8 Å². The van der Waals surface area contributed by atoms with Gasteiger partial charge >= 0.3 is 5.97 Å². The largest absolute Gasteiger partial charge is 0.478 e. The number of hydrogen-bond donors (Lipinski definition) is 2. The highest BCUT2D eigenvalue weighted by atomic mass is 16.7. The minimum Gasteiger partial charge on any atom is -0.478 e. The smallest absolute Gasteiger partial charge is 0.336 e. The highest BCUT2D eigenvalue weighted by Crippen LogP contribution is 2.38. The maximum Gasteiger partial charge on any atom is 0.336 e. The summed E-state index contributed by atoms with van der Waals surface area (Å²) in [7, 11) is 0. The second kappa shape index (κ2) is 10.5. The van der Waals surface area contributed by atoms with Gasteiger partial charge in [-0.05, 0) is 73.4 Å². The van der Waals surface area contributed by atoms with Crippen molar-refractivity contribution in [2.75, 3.05) is 6.79 Å². The average molecular weight is 547 g/mol. The lowest BCUT2D eigenvalue weighted by Crippen LogP contribution is -2.26. The summed E-state index contributed by atoms with van der Waals surface area (Å²) in [6.45, 7) is 6.94. The van der Waals surface area contributed by atoms with Crippen LogP contribution in [0.25, 0.3) is 22.0 Å². The number of fused-ring (bicyclic) bond motifs is 2. The molecule has 0 saturated carbocycles. The molecule has 5 aromatic rings. The van der Waals surface area contributed by atoms with E-state index in [9.17, 15) is 14.7 Å². The van der Waals surface area contributed by atoms with Gasteiger partial charge in [-0.25, -0.2) is 4.79 Å². The number of carboxylic acid groups (broad SMARTS) is 1. The van der Waals surface area contributed by atoms with Crippen LogP contribution in [-0.2, 0) is 6.54 Å². The summed E-state index contributed by atoms with van der Waals surface area (Å²) < 4.78 is 13.3. The number of carbonyl (C=O) groups is 2. The van der Waals surface area contributed by atoms with Crippen molar-refractivity contribution in [2.45, 2.75) is 33.4 Å². The van der Waals surface area contributed by atoms with E-state index in [0.29, 0.717) is 29.2 Å². The molecule has 7 nitrogen and oxygen atoms in total. The van der Waals surface area contributed by atoms with Crippen LogP contribution < -0.4 is 14.8 Å². The fourth-order valence-corrected chi connectivity index (χ4v) is 5.54. The topological polar surface area (TPSA) is 89.8 Å². The Kier molecular flexibility index (Phi) is 6.71. The molecular weight excluding hydrogens is 516 g/mol. The number of ether oxygens (including phenoxy) is 2. The molecule has 0 bridgehead atoms. The lowest BCUT2D eigenvalue weighted by atomic mass is 9.99. The number of nitrogens with zero attached hydrogens (tertiary/aromatic N) is 1. The predicted octanol–water partition coefficient (Wildman–Crippen LogP) is 6.89. The third-order valence-electron chi connectivity index (χ3n) is 7.91. The zero-order chi connectivity index (χ0) is 28.7. The van der Waals surface area contributed by atoms with Gasteiger partial charge in [-0.1, -0.05) is 54.6 Å². The molecule has 0 spiro atoms. The van der Waals surface area contributed by atoms with Gasteiger partial charge in [-0.2, -0.15) is 0 Å². The van der Waals surface area contributed by atoms with Crippen molar-refractivity contribution in [1.29, 1.82) is 0 Å². The molecule has 0 radical (unpaired) electrons. The molecule has 1 amide bonds. The Labute approximate surface area is 238 Å². The van der Waals surface area contributed by atoms with E-state index in [0.717, 1.165) is 38.9 Å². The molecular formula is C34H30N2O5. The highest BCUT2D eigenvalue weighted by Gasteiger charge is 2.23. The summed E-state index contributed by atoms with van der Waals surface area (Å²) >= 11 is 0. The second-order valence-electron chi connectivity index (χ2n) is 10.4. The van der Waals surface area contributed by atoms with E-state index in [-0.39, 0.29) is 24.3 Å². The van der Waals surface area contributed by atoms with Crippen LogP contribution in [0.3, 0.4) is 0 Å². The fourth-order valence-electron chi connectivity index (χ4n) is 5.54. The van der Waals surface area contributed by atoms with Crippen molar-refractivity contribution in [3.05, 3.63) is 118 Å². The van der Waals surface area contributed by atoms with Gasteiger partial charge < -0.3 is 24.5 Å². The van der Waals surface area contributed by atoms with E-state index in [4.69, 9.17) is 9.47 Å². The van der Waals surface area contributed by atoms with Crippen LogP contribution in [0.4, 0.5) is 0 Å². The van der Waals surface area contributed by atoms with Crippen LogP contribution >= 0.6 is 0 Å². The predicted molar refractivity (Wildman–Crippen MR) is 158 cm³/mol. The summed E-state index contributed by atoms with van der Waals surface area (Å²) in [6, 6.07) is 26.3. The highest BCUT2D eigenvalue weighted by molar-refractivity contribution is 5.99. The normalized spacial score (nSPS) is 12.9. The van der Waals surface area contributed by atoms with E-state index >= 15 is 0 Å². The third-order valence-corrected chi connectivity index (χ3v) is 7.91. The number of carboxylic acids is 1. The van der Waals surface area contributed by atoms with Gasteiger partial charge in [0, 0.05) is 34.3 Å². The molecule has 206 valence electrons. The van der Waals surface area contributed by atoms with Crippen LogP contribution in [0.1, 0.15) is 56.1 Å². The number of aromatic carboxylic acids is 1. The lowest BCUT2D eigenvalue weighted by molar-refractivity contribution is 0.0697. The molecule has 0 saturated heterocycles. The first-order valence-electron chi connectivity index (χ1n) is 13.5. The fraction of sp³-hybridized carbons (Fsp3) is 0.176. The number of hydrogen-bond acceptors (Lipinski definition) is 4. The zero-order valence-electron chi connectivity index (χ0n) is 23.1. The molecule has 41 heavy (non-hydrogen) atoms. The Morgan fingerprint density at radius 3 is 2.51 bits per heavy atom.